The molecule has 1 unspecified atom stereocenters. The van der Waals surface area contributed by atoms with Crippen LogP contribution in [-0.2, 0) is 0 Å². The van der Waals surface area contributed by atoms with Crippen LogP contribution in [0, 0.1) is 5.82 Å². The lowest BCUT2D eigenvalue weighted by atomic mass is 9.98. The van der Waals surface area contributed by atoms with Gasteiger partial charge >= 0.3 is 0 Å². The van der Waals surface area contributed by atoms with Gasteiger partial charge in [-0.3, -0.25) is 0 Å². The summed E-state index contributed by atoms with van der Waals surface area (Å²) >= 11 is 0. The van der Waals surface area contributed by atoms with Gasteiger partial charge in [0.05, 0.1) is 0 Å². The SMILES string of the molecule is CC(N)c1ccc(F)cc1C1CC1. The average molecular weight is 179 g/mol. The topological polar surface area (TPSA) is 26.0 Å². The van der Waals surface area contributed by atoms with Crippen LogP contribution in [0.2, 0.25) is 0 Å². The molecule has 1 atom stereocenters. The highest BCUT2D eigenvalue weighted by Crippen LogP contribution is 2.42. The minimum absolute atomic E-state index is 0.0104. The fraction of sp³-hybridized carbons (Fsp3) is 0.455. The molecule has 0 spiro atoms. The van der Waals surface area contributed by atoms with Gasteiger partial charge in [0.25, 0.3) is 0 Å². The normalized spacial score (nSPS) is 18.7. The minimum atomic E-state index is -0.147. The number of halogens is 1. The molecule has 0 amide bonds. The van der Waals surface area contributed by atoms with Crippen molar-refractivity contribution in [2.45, 2.75) is 31.7 Å². The lowest BCUT2D eigenvalue weighted by molar-refractivity contribution is 0.622. The summed E-state index contributed by atoms with van der Waals surface area (Å²) < 4.78 is 13.0. The second-order valence-electron chi connectivity index (χ2n) is 3.84. The van der Waals surface area contributed by atoms with Crippen molar-refractivity contribution in [3.8, 4) is 0 Å². The molecule has 0 saturated heterocycles. The highest BCUT2D eigenvalue weighted by Gasteiger charge is 2.27. The Balaban J connectivity index is 2.42. The molecule has 0 bridgehead atoms. The van der Waals surface area contributed by atoms with Gasteiger partial charge in [-0.05, 0) is 48.9 Å². The van der Waals surface area contributed by atoms with Crippen molar-refractivity contribution in [2.24, 2.45) is 5.73 Å². The van der Waals surface area contributed by atoms with Crippen LogP contribution in [0.25, 0.3) is 0 Å². The molecule has 1 aliphatic rings. The zero-order chi connectivity index (χ0) is 9.42. The van der Waals surface area contributed by atoms with E-state index in [0.717, 1.165) is 11.1 Å². The van der Waals surface area contributed by atoms with Gasteiger partial charge in [0.2, 0.25) is 0 Å². The summed E-state index contributed by atoms with van der Waals surface area (Å²) in [4.78, 5) is 0. The van der Waals surface area contributed by atoms with E-state index in [4.69, 9.17) is 5.73 Å². The Morgan fingerprint density at radius 2 is 2.15 bits per heavy atom. The maximum absolute atomic E-state index is 13.0. The third-order valence-electron chi connectivity index (χ3n) is 2.56. The van der Waals surface area contributed by atoms with Crippen molar-refractivity contribution in [2.75, 3.05) is 0 Å². The molecule has 13 heavy (non-hydrogen) atoms. The summed E-state index contributed by atoms with van der Waals surface area (Å²) in [5, 5.41) is 0. The van der Waals surface area contributed by atoms with Crippen molar-refractivity contribution >= 4 is 0 Å². The molecule has 1 nitrogen and oxygen atoms in total. The largest absolute Gasteiger partial charge is 0.324 e. The number of hydrogen-bond donors (Lipinski definition) is 1. The first-order valence-corrected chi connectivity index (χ1v) is 4.73. The number of rotatable bonds is 2. The molecular formula is C11H14FN. The summed E-state index contributed by atoms with van der Waals surface area (Å²) in [6, 6.07) is 4.95. The Bertz CT molecular complexity index is 316. The van der Waals surface area contributed by atoms with Crippen LogP contribution >= 0.6 is 0 Å². The van der Waals surface area contributed by atoms with Crippen molar-refractivity contribution in [3.63, 3.8) is 0 Å². The molecule has 1 aromatic carbocycles. The molecule has 2 N–H and O–H groups in total. The molecule has 0 aromatic heterocycles. The van der Waals surface area contributed by atoms with Crippen LogP contribution in [0.3, 0.4) is 0 Å². The zero-order valence-electron chi connectivity index (χ0n) is 7.76. The van der Waals surface area contributed by atoms with Crippen LogP contribution in [0.5, 0.6) is 0 Å². The van der Waals surface area contributed by atoms with Gasteiger partial charge in [-0.15, -0.1) is 0 Å². The van der Waals surface area contributed by atoms with E-state index in [1.54, 1.807) is 6.07 Å². The Kier molecular flexibility index (Phi) is 2.08. The first-order valence-electron chi connectivity index (χ1n) is 4.73. The van der Waals surface area contributed by atoms with E-state index in [9.17, 15) is 4.39 Å². The quantitative estimate of drug-likeness (QED) is 0.742. The third kappa shape index (κ3) is 1.73. The van der Waals surface area contributed by atoms with E-state index in [2.05, 4.69) is 0 Å². The lowest BCUT2D eigenvalue weighted by Crippen LogP contribution is -2.08. The minimum Gasteiger partial charge on any atom is -0.324 e. The lowest BCUT2D eigenvalue weighted by Gasteiger charge is -2.11. The van der Waals surface area contributed by atoms with E-state index in [-0.39, 0.29) is 11.9 Å². The van der Waals surface area contributed by atoms with Gasteiger partial charge in [-0.1, -0.05) is 6.07 Å². The summed E-state index contributed by atoms with van der Waals surface area (Å²) in [5.41, 5.74) is 8.03. The molecule has 1 aromatic rings. The molecule has 0 heterocycles. The fourth-order valence-corrected chi connectivity index (χ4v) is 1.71. The molecule has 1 saturated carbocycles. The van der Waals surface area contributed by atoms with E-state index in [1.807, 2.05) is 13.0 Å². The molecule has 0 aliphatic heterocycles. The van der Waals surface area contributed by atoms with E-state index >= 15 is 0 Å². The van der Waals surface area contributed by atoms with Crippen LogP contribution in [0.4, 0.5) is 4.39 Å². The Labute approximate surface area is 77.8 Å². The summed E-state index contributed by atoms with van der Waals surface area (Å²) in [5.74, 6) is 0.419. The smallest absolute Gasteiger partial charge is 0.123 e. The van der Waals surface area contributed by atoms with Gasteiger partial charge < -0.3 is 5.73 Å². The number of benzene rings is 1. The molecule has 1 aliphatic carbocycles. The second kappa shape index (κ2) is 3.11. The molecule has 0 radical (unpaired) electrons. The maximum atomic E-state index is 13.0. The Hall–Kier alpha value is -0.890. The van der Waals surface area contributed by atoms with E-state index in [1.165, 1.54) is 18.9 Å². The average Bonchev–Trinajstić information content (AvgIpc) is 2.85. The summed E-state index contributed by atoms with van der Waals surface area (Å²) in [6.45, 7) is 1.94. The van der Waals surface area contributed by atoms with Crippen molar-refractivity contribution in [1.82, 2.24) is 0 Å². The summed E-state index contributed by atoms with van der Waals surface area (Å²) in [6.07, 6.45) is 2.37. The van der Waals surface area contributed by atoms with Crippen molar-refractivity contribution in [1.29, 1.82) is 0 Å². The molecule has 2 heteroatoms. The zero-order valence-corrected chi connectivity index (χ0v) is 7.76. The summed E-state index contributed by atoms with van der Waals surface area (Å²) in [7, 11) is 0. The van der Waals surface area contributed by atoms with Gasteiger partial charge in [0, 0.05) is 6.04 Å². The molecular weight excluding hydrogens is 165 g/mol. The van der Waals surface area contributed by atoms with Crippen molar-refractivity contribution < 1.29 is 4.39 Å². The molecule has 1 fully saturated rings. The first kappa shape index (κ1) is 8.70. The van der Waals surface area contributed by atoms with Gasteiger partial charge in [-0.2, -0.15) is 0 Å². The van der Waals surface area contributed by atoms with Crippen LogP contribution in [0.1, 0.15) is 42.9 Å². The van der Waals surface area contributed by atoms with Crippen LogP contribution < -0.4 is 5.73 Å². The fourth-order valence-electron chi connectivity index (χ4n) is 1.71. The highest BCUT2D eigenvalue weighted by atomic mass is 19.1. The van der Waals surface area contributed by atoms with E-state index < -0.39 is 0 Å². The number of nitrogens with two attached hydrogens (primary N) is 1. The third-order valence-corrected chi connectivity index (χ3v) is 2.56. The van der Waals surface area contributed by atoms with E-state index in [0.29, 0.717) is 5.92 Å². The second-order valence-corrected chi connectivity index (χ2v) is 3.84. The molecule has 70 valence electrons. The standard InChI is InChI=1S/C11H14FN/c1-7(13)10-5-4-9(12)6-11(10)8-2-3-8/h4-8H,2-3,13H2,1H3. The van der Waals surface area contributed by atoms with Crippen LogP contribution in [0.15, 0.2) is 18.2 Å². The van der Waals surface area contributed by atoms with Gasteiger partial charge in [0.15, 0.2) is 0 Å². The monoisotopic (exact) mass is 179 g/mol. The number of hydrogen-bond acceptors (Lipinski definition) is 1. The maximum Gasteiger partial charge on any atom is 0.123 e. The Morgan fingerprint density at radius 1 is 1.46 bits per heavy atom. The predicted molar refractivity (Wildman–Crippen MR) is 51.0 cm³/mol. The van der Waals surface area contributed by atoms with Crippen molar-refractivity contribution in [3.05, 3.63) is 35.1 Å². The van der Waals surface area contributed by atoms with Gasteiger partial charge in [-0.25, -0.2) is 4.39 Å². The Morgan fingerprint density at radius 3 is 2.69 bits per heavy atom. The molecule has 2 rings (SSSR count). The van der Waals surface area contributed by atoms with Gasteiger partial charge in [0.1, 0.15) is 5.82 Å². The first-order chi connectivity index (χ1) is 6.18. The highest BCUT2D eigenvalue weighted by molar-refractivity contribution is 5.35. The predicted octanol–water partition coefficient (Wildman–Crippen LogP) is 2.72. The van der Waals surface area contributed by atoms with Crippen LogP contribution in [-0.4, -0.2) is 0 Å².